The Morgan fingerprint density at radius 2 is 1.70 bits per heavy atom. The second-order valence-corrected chi connectivity index (χ2v) is 8.49. The molecule has 1 aliphatic heterocycles. The van der Waals surface area contributed by atoms with E-state index in [1.54, 1.807) is 0 Å². The zero-order valence-corrected chi connectivity index (χ0v) is 13.1. The molecule has 2 fully saturated rings. The summed E-state index contributed by atoms with van der Waals surface area (Å²) in [6.07, 6.45) is 8.77. The van der Waals surface area contributed by atoms with Gasteiger partial charge in [-0.2, -0.15) is 0 Å². The van der Waals surface area contributed by atoms with E-state index in [4.69, 9.17) is 0 Å². The average Bonchev–Trinajstić information content (AvgIpc) is 2.39. The lowest BCUT2D eigenvalue weighted by molar-refractivity contribution is 0.168. The maximum Gasteiger partial charge on any atom is 0.317 e. The molecule has 0 aromatic heterocycles. The van der Waals surface area contributed by atoms with E-state index in [0.29, 0.717) is 19.1 Å². The Bertz CT molecular complexity index is 422. The summed E-state index contributed by atoms with van der Waals surface area (Å²) in [6, 6.07) is 0.375. The zero-order chi connectivity index (χ0) is 14.6. The number of sulfone groups is 1. The van der Waals surface area contributed by atoms with E-state index in [1.165, 1.54) is 25.5 Å². The van der Waals surface area contributed by atoms with Crippen LogP contribution in [0.1, 0.15) is 44.9 Å². The summed E-state index contributed by atoms with van der Waals surface area (Å²) in [5.74, 6) is 0.467. The monoisotopic (exact) mass is 302 g/mol. The molecule has 6 heteroatoms. The Balaban J connectivity index is 1.74. The first-order chi connectivity index (χ1) is 9.44. The lowest BCUT2D eigenvalue weighted by Crippen LogP contribution is -2.48. The molecule has 20 heavy (non-hydrogen) atoms. The minimum Gasteiger partial charge on any atom is -0.335 e. The molecule has 0 aromatic carbocycles. The predicted octanol–water partition coefficient (Wildman–Crippen LogP) is 1.79. The summed E-state index contributed by atoms with van der Waals surface area (Å²) in [7, 11) is -2.90. The molecular formula is C14H26N2O3S. The molecule has 1 aliphatic carbocycles. The molecule has 116 valence electrons. The second-order valence-electron chi connectivity index (χ2n) is 6.31. The lowest BCUT2D eigenvalue weighted by atomic mass is 9.95. The fourth-order valence-electron chi connectivity index (χ4n) is 3.24. The highest BCUT2D eigenvalue weighted by Gasteiger charge is 2.26. The fraction of sp³-hybridized carbons (Fsp3) is 0.929. The molecule has 0 spiro atoms. The van der Waals surface area contributed by atoms with Crippen molar-refractivity contribution in [2.45, 2.75) is 51.0 Å². The van der Waals surface area contributed by atoms with Crippen LogP contribution in [0.15, 0.2) is 0 Å². The Hall–Kier alpha value is -0.780. The van der Waals surface area contributed by atoms with Crippen molar-refractivity contribution in [1.29, 1.82) is 0 Å². The molecule has 2 rings (SSSR count). The fourth-order valence-corrected chi connectivity index (χ4v) is 4.43. The van der Waals surface area contributed by atoms with E-state index >= 15 is 0 Å². The number of urea groups is 1. The molecule has 0 bridgehead atoms. The van der Waals surface area contributed by atoms with Crippen molar-refractivity contribution in [3.63, 3.8) is 0 Å². The van der Waals surface area contributed by atoms with E-state index in [1.807, 2.05) is 4.90 Å². The van der Waals surface area contributed by atoms with Crippen molar-refractivity contribution in [1.82, 2.24) is 10.2 Å². The van der Waals surface area contributed by atoms with Crippen LogP contribution in [0.4, 0.5) is 4.79 Å². The standard InChI is InChI=1S/C14H26N2O3S/c1-20(18,19)11-12-7-9-16(10-8-12)14(17)15-13-5-3-2-4-6-13/h12-13H,2-11H2,1H3,(H,15,17). The van der Waals surface area contributed by atoms with Gasteiger partial charge < -0.3 is 10.2 Å². The van der Waals surface area contributed by atoms with Crippen LogP contribution < -0.4 is 5.32 Å². The van der Waals surface area contributed by atoms with Crippen LogP contribution in [0, 0.1) is 5.92 Å². The van der Waals surface area contributed by atoms with Gasteiger partial charge in [0.1, 0.15) is 9.84 Å². The van der Waals surface area contributed by atoms with Crippen LogP contribution in [0.25, 0.3) is 0 Å². The third kappa shape index (κ3) is 4.96. The van der Waals surface area contributed by atoms with Gasteiger partial charge in [0.15, 0.2) is 0 Å². The van der Waals surface area contributed by atoms with E-state index in [-0.39, 0.29) is 17.7 Å². The van der Waals surface area contributed by atoms with Crippen LogP contribution >= 0.6 is 0 Å². The van der Waals surface area contributed by atoms with Crippen molar-refractivity contribution in [2.75, 3.05) is 25.1 Å². The Morgan fingerprint density at radius 1 is 1.10 bits per heavy atom. The quantitative estimate of drug-likeness (QED) is 0.864. The molecule has 1 saturated carbocycles. The van der Waals surface area contributed by atoms with Gasteiger partial charge in [-0.05, 0) is 31.6 Å². The Morgan fingerprint density at radius 3 is 2.25 bits per heavy atom. The normalized spacial score (nSPS) is 22.8. The van der Waals surface area contributed by atoms with Gasteiger partial charge in [-0.15, -0.1) is 0 Å². The van der Waals surface area contributed by atoms with Crippen molar-refractivity contribution in [3.05, 3.63) is 0 Å². The first kappa shape index (κ1) is 15.6. The smallest absolute Gasteiger partial charge is 0.317 e. The number of nitrogens with one attached hydrogen (secondary N) is 1. The molecular weight excluding hydrogens is 276 g/mol. The van der Waals surface area contributed by atoms with Crippen LogP contribution in [0.2, 0.25) is 0 Å². The lowest BCUT2D eigenvalue weighted by Gasteiger charge is -2.33. The van der Waals surface area contributed by atoms with E-state index < -0.39 is 9.84 Å². The SMILES string of the molecule is CS(=O)(=O)CC1CCN(C(=O)NC2CCCCC2)CC1. The highest BCUT2D eigenvalue weighted by Crippen LogP contribution is 2.20. The number of nitrogens with zero attached hydrogens (tertiary/aromatic N) is 1. The predicted molar refractivity (Wildman–Crippen MR) is 79.4 cm³/mol. The van der Waals surface area contributed by atoms with E-state index in [0.717, 1.165) is 25.7 Å². The van der Waals surface area contributed by atoms with Crippen LogP contribution in [0.5, 0.6) is 0 Å². The largest absolute Gasteiger partial charge is 0.335 e. The molecule has 5 nitrogen and oxygen atoms in total. The maximum absolute atomic E-state index is 12.2. The second kappa shape index (κ2) is 6.78. The van der Waals surface area contributed by atoms with Crippen molar-refractivity contribution < 1.29 is 13.2 Å². The maximum atomic E-state index is 12.2. The highest BCUT2D eigenvalue weighted by molar-refractivity contribution is 7.90. The van der Waals surface area contributed by atoms with Gasteiger partial charge in [0.05, 0.1) is 5.75 Å². The Labute approximate surface area is 122 Å². The van der Waals surface area contributed by atoms with Gasteiger partial charge in [0, 0.05) is 25.4 Å². The molecule has 2 aliphatic rings. The summed E-state index contributed by atoms with van der Waals surface area (Å²) in [4.78, 5) is 14.0. The minimum absolute atomic E-state index is 0.0368. The first-order valence-corrected chi connectivity index (χ1v) is 9.73. The topological polar surface area (TPSA) is 66.5 Å². The number of carbonyl (C=O) groups excluding carboxylic acids is 1. The van der Waals surface area contributed by atoms with Gasteiger partial charge in [-0.1, -0.05) is 19.3 Å². The van der Waals surface area contributed by atoms with Crippen molar-refractivity contribution >= 4 is 15.9 Å². The molecule has 2 amide bonds. The minimum atomic E-state index is -2.90. The summed E-state index contributed by atoms with van der Waals surface area (Å²) in [5.41, 5.74) is 0. The summed E-state index contributed by atoms with van der Waals surface area (Å²) >= 11 is 0. The van der Waals surface area contributed by atoms with Crippen LogP contribution in [0.3, 0.4) is 0 Å². The molecule has 0 aromatic rings. The van der Waals surface area contributed by atoms with Gasteiger partial charge >= 0.3 is 6.03 Å². The molecule has 1 heterocycles. The number of amides is 2. The number of likely N-dealkylation sites (tertiary alicyclic amines) is 1. The van der Waals surface area contributed by atoms with E-state index in [9.17, 15) is 13.2 Å². The number of hydrogen-bond acceptors (Lipinski definition) is 3. The number of piperidine rings is 1. The number of hydrogen-bond donors (Lipinski definition) is 1. The van der Waals surface area contributed by atoms with Crippen molar-refractivity contribution in [2.24, 2.45) is 5.92 Å². The molecule has 0 unspecified atom stereocenters. The number of carbonyl (C=O) groups is 1. The first-order valence-electron chi connectivity index (χ1n) is 7.67. The average molecular weight is 302 g/mol. The molecule has 1 N–H and O–H groups in total. The van der Waals surface area contributed by atoms with Crippen LogP contribution in [-0.4, -0.2) is 50.5 Å². The molecule has 1 saturated heterocycles. The van der Waals surface area contributed by atoms with Gasteiger partial charge in [0.25, 0.3) is 0 Å². The summed E-state index contributed by atoms with van der Waals surface area (Å²) in [5, 5.41) is 3.12. The van der Waals surface area contributed by atoms with Gasteiger partial charge in [-0.3, -0.25) is 0 Å². The van der Waals surface area contributed by atoms with E-state index in [2.05, 4.69) is 5.32 Å². The highest BCUT2D eigenvalue weighted by atomic mass is 32.2. The molecule has 0 atom stereocenters. The molecule has 0 radical (unpaired) electrons. The van der Waals surface area contributed by atoms with Gasteiger partial charge in [0.2, 0.25) is 0 Å². The summed E-state index contributed by atoms with van der Waals surface area (Å²) < 4.78 is 22.6. The zero-order valence-electron chi connectivity index (χ0n) is 12.3. The van der Waals surface area contributed by atoms with Crippen LogP contribution in [-0.2, 0) is 9.84 Å². The summed E-state index contributed by atoms with van der Waals surface area (Å²) in [6.45, 7) is 1.36. The number of rotatable bonds is 3. The third-order valence-corrected chi connectivity index (χ3v) is 5.45. The van der Waals surface area contributed by atoms with Crippen molar-refractivity contribution in [3.8, 4) is 0 Å². The Kier molecular flexibility index (Phi) is 5.29. The van der Waals surface area contributed by atoms with Gasteiger partial charge in [-0.25, -0.2) is 13.2 Å². The third-order valence-electron chi connectivity index (χ3n) is 4.37.